The van der Waals surface area contributed by atoms with Gasteiger partial charge in [0, 0.05) is 38.0 Å². The van der Waals surface area contributed by atoms with Crippen molar-refractivity contribution in [1.82, 2.24) is 9.97 Å². The molecule has 0 aliphatic carbocycles. The third-order valence-electron chi connectivity index (χ3n) is 2.84. The molecule has 1 fully saturated rings. The monoisotopic (exact) mass is 265 g/mol. The van der Waals surface area contributed by atoms with Crippen LogP contribution in [0.25, 0.3) is 0 Å². The Labute approximate surface area is 110 Å². The summed E-state index contributed by atoms with van der Waals surface area (Å²) >= 11 is 1.28. The average Bonchev–Trinajstić information content (AvgIpc) is 2.69. The summed E-state index contributed by atoms with van der Waals surface area (Å²) in [4.78, 5) is 32.9. The Morgan fingerprint density at radius 3 is 2.89 bits per heavy atom. The lowest BCUT2D eigenvalue weighted by atomic mass is 10.1. The molecule has 2 rings (SSSR count). The van der Waals surface area contributed by atoms with Crippen LogP contribution in [0.15, 0.2) is 12.4 Å². The molecule has 6 heteroatoms. The number of amides is 1. The number of carbonyl (C=O) groups excluding carboxylic acids is 2. The molecule has 0 radical (unpaired) electrons. The first-order chi connectivity index (χ1) is 8.58. The van der Waals surface area contributed by atoms with Gasteiger partial charge in [-0.15, -0.1) is 0 Å². The van der Waals surface area contributed by atoms with Crippen LogP contribution in [-0.4, -0.2) is 33.3 Å². The topological polar surface area (TPSA) is 63.2 Å². The molecule has 96 valence electrons. The van der Waals surface area contributed by atoms with E-state index in [1.54, 1.807) is 24.2 Å². The second-order valence-electron chi connectivity index (χ2n) is 4.34. The molecule has 1 saturated heterocycles. The maximum atomic E-state index is 11.9. The van der Waals surface area contributed by atoms with Gasteiger partial charge in [-0.1, -0.05) is 11.8 Å². The summed E-state index contributed by atoms with van der Waals surface area (Å²) in [5.41, 5.74) is 0.755. The van der Waals surface area contributed by atoms with Crippen LogP contribution in [0, 0.1) is 12.8 Å². The number of anilines is 1. The molecule has 1 aromatic rings. The van der Waals surface area contributed by atoms with Gasteiger partial charge in [0.05, 0.1) is 5.69 Å². The molecule has 1 aliphatic rings. The van der Waals surface area contributed by atoms with Gasteiger partial charge in [-0.2, -0.15) is 0 Å². The first kappa shape index (κ1) is 13.0. The summed E-state index contributed by atoms with van der Waals surface area (Å²) in [5, 5.41) is 0.0941. The average molecular weight is 265 g/mol. The third-order valence-corrected chi connectivity index (χ3v) is 3.88. The van der Waals surface area contributed by atoms with Gasteiger partial charge in [-0.3, -0.25) is 19.5 Å². The fourth-order valence-electron chi connectivity index (χ4n) is 2.00. The Morgan fingerprint density at radius 1 is 1.50 bits per heavy atom. The summed E-state index contributed by atoms with van der Waals surface area (Å²) in [7, 11) is 0. The van der Waals surface area contributed by atoms with Gasteiger partial charge < -0.3 is 0 Å². The van der Waals surface area contributed by atoms with Gasteiger partial charge in [0.1, 0.15) is 0 Å². The van der Waals surface area contributed by atoms with E-state index in [2.05, 4.69) is 9.97 Å². The SMILES string of the molecule is CC(=O)SCC1CC(=O)N(c2nccnc2C)C1. The maximum Gasteiger partial charge on any atom is 0.228 e. The summed E-state index contributed by atoms with van der Waals surface area (Å²) in [5.74, 6) is 1.61. The van der Waals surface area contributed by atoms with Crippen molar-refractivity contribution in [3.8, 4) is 0 Å². The molecule has 1 atom stereocenters. The Morgan fingerprint density at radius 2 is 2.22 bits per heavy atom. The highest BCUT2D eigenvalue weighted by molar-refractivity contribution is 8.13. The minimum atomic E-state index is 0.0627. The molecule has 1 amide bonds. The van der Waals surface area contributed by atoms with Crippen molar-refractivity contribution < 1.29 is 9.59 Å². The van der Waals surface area contributed by atoms with Crippen LogP contribution in [0.3, 0.4) is 0 Å². The highest BCUT2D eigenvalue weighted by atomic mass is 32.2. The van der Waals surface area contributed by atoms with E-state index < -0.39 is 0 Å². The zero-order valence-corrected chi connectivity index (χ0v) is 11.2. The molecular weight excluding hydrogens is 250 g/mol. The summed E-state index contributed by atoms with van der Waals surface area (Å²) in [6.45, 7) is 4.01. The molecule has 0 N–H and O–H groups in total. The van der Waals surface area contributed by atoms with Crippen LogP contribution < -0.4 is 4.90 Å². The minimum Gasteiger partial charge on any atom is -0.295 e. The molecule has 0 aromatic carbocycles. The van der Waals surface area contributed by atoms with Crippen molar-refractivity contribution in [2.45, 2.75) is 20.3 Å². The van der Waals surface area contributed by atoms with E-state index >= 15 is 0 Å². The van der Waals surface area contributed by atoms with Gasteiger partial charge in [0.15, 0.2) is 10.9 Å². The van der Waals surface area contributed by atoms with Gasteiger partial charge in [0.2, 0.25) is 5.91 Å². The van der Waals surface area contributed by atoms with Crippen LogP contribution in [0.2, 0.25) is 0 Å². The van der Waals surface area contributed by atoms with Crippen LogP contribution >= 0.6 is 11.8 Å². The lowest BCUT2D eigenvalue weighted by Gasteiger charge is -2.16. The Balaban J connectivity index is 2.06. The number of carbonyl (C=O) groups is 2. The molecular formula is C12H15N3O2S. The molecule has 1 unspecified atom stereocenters. The van der Waals surface area contributed by atoms with Gasteiger partial charge in [-0.25, -0.2) is 4.98 Å². The molecule has 18 heavy (non-hydrogen) atoms. The second kappa shape index (κ2) is 5.48. The number of hydrogen-bond donors (Lipinski definition) is 0. The summed E-state index contributed by atoms with van der Waals surface area (Å²) in [6.07, 6.45) is 3.69. The highest BCUT2D eigenvalue weighted by Crippen LogP contribution is 2.27. The molecule has 1 aliphatic heterocycles. The third kappa shape index (κ3) is 2.87. The zero-order valence-electron chi connectivity index (χ0n) is 10.4. The van der Waals surface area contributed by atoms with Crippen molar-refractivity contribution in [3.05, 3.63) is 18.1 Å². The number of thioether (sulfide) groups is 1. The zero-order chi connectivity index (χ0) is 13.1. The Kier molecular flexibility index (Phi) is 3.96. The van der Waals surface area contributed by atoms with Crippen molar-refractivity contribution in [3.63, 3.8) is 0 Å². The summed E-state index contributed by atoms with van der Waals surface area (Å²) < 4.78 is 0. The normalized spacial score (nSPS) is 19.3. The van der Waals surface area contributed by atoms with Crippen LogP contribution in [0.4, 0.5) is 5.82 Å². The number of aromatic nitrogens is 2. The molecule has 1 aromatic heterocycles. The Hall–Kier alpha value is -1.43. The molecule has 2 heterocycles. The van der Waals surface area contributed by atoms with Crippen molar-refractivity contribution in [2.75, 3.05) is 17.2 Å². The first-order valence-electron chi connectivity index (χ1n) is 5.79. The van der Waals surface area contributed by atoms with E-state index in [1.807, 2.05) is 6.92 Å². The van der Waals surface area contributed by atoms with E-state index in [4.69, 9.17) is 0 Å². The highest BCUT2D eigenvalue weighted by Gasteiger charge is 2.32. The van der Waals surface area contributed by atoms with Gasteiger partial charge >= 0.3 is 0 Å². The van der Waals surface area contributed by atoms with Crippen molar-refractivity contribution in [1.29, 1.82) is 0 Å². The molecule has 0 bridgehead atoms. The van der Waals surface area contributed by atoms with Gasteiger partial charge in [-0.05, 0) is 12.8 Å². The van der Waals surface area contributed by atoms with Crippen molar-refractivity contribution >= 4 is 28.6 Å². The van der Waals surface area contributed by atoms with Gasteiger partial charge in [0.25, 0.3) is 0 Å². The van der Waals surface area contributed by atoms with Crippen molar-refractivity contribution in [2.24, 2.45) is 5.92 Å². The minimum absolute atomic E-state index is 0.0627. The van der Waals surface area contributed by atoms with E-state index in [1.165, 1.54) is 11.8 Å². The van der Waals surface area contributed by atoms with E-state index in [0.717, 1.165) is 5.69 Å². The van der Waals surface area contributed by atoms with Crippen LogP contribution in [-0.2, 0) is 9.59 Å². The van der Waals surface area contributed by atoms with E-state index in [-0.39, 0.29) is 16.9 Å². The number of nitrogens with zero attached hydrogens (tertiary/aromatic N) is 3. The second-order valence-corrected chi connectivity index (χ2v) is 5.54. The van der Waals surface area contributed by atoms with Crippen LogP contribution in [0.5, 0.6) is 0 Å². The largest absolute Gasteiger partial charge is 0.295 e. The van der Waals surface area contributed by atoms with Crippen LogP contribution in [0.1, 0.15) is 19.0 Å². The Bertz CT molecular complexity index is 478. The smallest absolute Gasteiger partial charge is 0.228 e. The fourth-order valence-corrected chi connectivity index (χ4v) is 2.69. The molecule has 5 nitrogen and oxygen atoms in total. The lowest BCUT2D eigenvalue weighted by Crippen LogP contribution is -2.26. The standard InChI is InChI=1S/C12H15N3O2S/c1-8-12(14-4-3-13-8)15-6-10(5-11(15)17)7-18-9(2)16/h3-4,10H,5-7H2,1-2H3. The predicted molar refractivity (Wildman–Crippen MR) is 70.4 cm³/mol. The predicted octanol–water partition coefficient (Wildman–Crippen LogP) is 1.42. The quantitative estimate of drug-likeness (QED) is 0.827. The first-order valence-corrected chi connectivity index (χ1v) is 6.78. The molecule has 0 spiro atoms. The van der Waals surface area contributed by atoms with E-state index in [9.17, 15) is 9.59 Å². The lowest BCUT2D eigenvalue weighted by molar-refractivity contribution is -0.117. The fraction of sp³-hybridized carbons (Fsp3) is 0.500. The summed E-state index contributed by atoms with van der Waals surface area (Å²) in [6, 6.07) is 0. The number of rotatable bonds is 3. The number of aryl methyl sites for hydroxylation is 1. The maximum absolute atomic E-state index is 11.9. The molecule has 0 saturated carbocycles. The number of hydrogen-bond acceptors (Lipinski definition) is 5. The van der Waals surface area contributed by atoms with E-state index in [0.29, 0.717) is 24.5 Å².